The summed E-state index contributed by atoms with van der Waals surface area (Å²) in [5.74, 6) is 0. The van der Waals surface area contributed by atoms with E-state index in [1.807, 2.05) is 20.8 Å². The van der Waals surface area contributed by atoms with E-state index < -0.39 is 9.53 Å². The molecule has 0 aromatic carbocycles. The third-order valence-corrected chi connectivity index (χ3v) is 4.29. The van der Waals surface area contributed by atoms with Crippen LogP contribution in [0.4, 0.5) is 0 Å². The molecule has 0 saturated carbocycles. The SMILES string of the molecule is CCO[SiH](OCC)OCC.OCC1OC1OCC1CO1. The Bertz CT molecular complexity index is 226. The fraction of sp³-hybridized carbons (Fsp3) is 1.00. The van der Waals surface area contributed by atoms with Gasteiger partial charge in [-0.05, 0) is 20.8 Å². The van der Waals surface area contributed by atoms with Gasteiger partial charge in [-0.1, -0.05) is 0 Å². The Kier molecular flexibility index (Phi) is 9.56. The van der Waals surface area contributed by atoms with Crippen LogP contribution in [0.25, 0.3) is 0 Å². The monoisotopic (exact) mass is 310 g/mol. The van der Waals surface area contributed by atoms with Gasteiger partial charge in [0.15, 0.2) is 6.29 Å². The lowest BCUT2D eigenvalue weighted by atomic mass is 10.5. The van der Waals surface area contributed by atoms with E-state index in [0.29, 0.717) is 26.4 Å². The largest absolute Gasteiger partial charge is 0.484 e. The van der Waals surface area contributed by atoms with Crippen LogP contribution in [0.2, 0.25) is 0 Å². The van der Waals surface area contributed by atoms with Crippen molar-refractivity contribution in [1.82, 2.24) is 0 Å². The van der Waals surface area contributed by atoms with Gasteiger partial charge in [0.2, 0.25) is 0 Å². The van der Waals surface area contributed by atoms with E-state index in [4.69, 9.17) is 32.6 Å². The van der Waals surface area contributed by atoms with E-state index in [0.717, 1.165) is 6.61 Å². The van der Waals surface area contributed by atoms with Crippen LogP contribution in [-0.2, 0) is 27.5 Å². The molecule has 120 valence electrons. The minimum Gasteiger partial charge on any atom is -0.393 e. The Balaban J connectivity index is 0.000000200. The lowest BCUT2D eigenvalue weighted by Crippen LogP contribution is -2.27. The van der Waals surface area contributed by atoms with Gasteiger partial charge in [0.1, 0.15) is 12.2 Å². The number of hydrogen-bond donors (Lipinski definition) is 1. The van der Waals surface area contributed by atoms with Crippen molar-refractivity contribution in [3.05, 3.63) is 0 Å². The lowest BCUT2D eigenvalue weighted by molar-refractivity contribution is 0.0405. The van der Waals surface area contributed by atoms with Crippen LogP contribution in [0.3, 0.4) is 0 Å². The van der Waals surface area contributed by atoms with Gasteiger partial charge < -0.3 is 32.6 Å². The summed E-state index contributed by atoms with van der Waals surface area (Å²) < 4.78 is 30.7. The fourth-order valence-corrected chi connectivity index (χ4v) is 2.43. The molecule has 0 bridgehead atoms. The second-order valence-electron chi connectivity index (χ2n) is 4.17. The molecule has 0 aromatic heterocycles. The molecular formula is C12H26O7Si. The van der Waals surface area contributed by atoms with Gasteiger partial charge in [-0.3, -0.25) is 0 Å². The van der Waals surface area contributed by atoms with Gasteiger partial charge in [-0.2, -0.15) is 0 Å². The number of ether oxygens (including phenoxy) is 3. The summed E-state index contributed by atoms with van der Waals surface area (Å²) in [5, 5.41) is 8.52. The topological polar surface area (TPSA) is 82.2 Å². The van der Waals surface area contributed by atoms with Crippen molar-refractivity contribution >= 4 is 9.53 Å². The molecule has 2 aliphatic rings. The van der Waals surface area contributed by atoms with Crippen molar-refractivity contribution in [2.45, 2.75) is 39.3 Å². The molecule has 0 aliphatic carbocycles. The number of aliphatic hydroxyl groups is 1. The predicted octanol–water partition coefficient (Wildman–Crippen LogP) is -0.0679. The quantitative estimate of drug-likeness (QED) is 0.447. The Morgan fingerprint density at radius 2 is 1.65 bits per heavy atom. The Hall–Kier alpha value is -0.0631. The summed E-state index contributed by atoms with van der Waals surface area (Å²) in [6.07, 6.45) is 0.0245. The Labute approximate surface area is 122 Å². The van der Waals surface area contributed by atoms with Crippen LogP contribution in [0, 0.1) is 0 Å². The molecule has 2 rings (SSSR count). The van der Waals surface area contributed by atoms with Gasteiger partial charge in [-0.25, -0.2) is 0 Å². The second-order valence-corrected chi connectivity index (χ2v) is 5.75. The number of aliphatic hydroxyl groups excluding tert-OH is 1. The molecule has 2 heterocycles. The fourth-order valence-electron chi connectivity index (χ4n) is 1.32. The lowest BCUT2D eigenvalue weighted by Gasteiger charge is -2.12. The zero-order valence-electron chi connectivity index (χ0n) is 12.4. The molecule has 3 atom stereocenters. The summed E-state index contributed by atoms with van der Waals surface area (Å²) in [4.78, 5) is 0. The maximum Gasteiger partial charge on any atom is 0.484 e. The van der Waals surface area contributed by atoms with Crippen LogP contribution < -0.4 is 0 Å². The van der Waals surface area contributed by atoms with Crippen LogP contribution in [0.15, 0.2) is 0 Å². The molecule has 2 aliphatic heterocycles. The summed E-state index contributed by atoms with van der Waals surface area (Å²) in [6.45, 7) is 9.31. The van der Waals surface area contributed by atoms with Gasteiger partial charge in [0.25, 0.3) is 0 Å². The first-order chi connectivity index (χ1) is 9.74. The second kappa shape index (κ2) is 10.6. The molecule has 0 aromatic rings. The number of hydrogen-bond acceptors (Lipinski definition) is 7. The highest BCUT2D eigenvalue weighted by molar-refractivity contribution is 6.36. The zero-order chi connectivity index (χ0) is 14.8. The Morgan fingerprint density at radius 1 is 1.10 bits per heavy atom. The first-order valence-electron chi connectivity index (χ1n) is 7.09. The first kappa shape index (κ1) is 18.0. The molecule has 20 heavy (non-hydrogen) atoms. The highest BCUT2D eigenvalue weighted by atomic mass is 28.3. The van der Waals surface area contributed by atoms with Gasteiger partial charge in [0.05, 0.1) is 19.8 Å². The summed E-state index contributed by atoms with van der Waals surface area (Å²) in [6, 6.07) is 0. The van der Waals surface area contributed by atoms with Crippen molar-refractivity contribution < 1.29 is 32.6 Å². The highest BCUT2D eigenvalue weighted by Crippen LogP contribution is 2.23. The van der Waals surface area contributed by atoms with Crippen molar-refractivity contribution in [3.63, 3.8) is 0 Å². The molecule has 0 amide bonds. The molecule has 1 N–H and O–H groups in total. The molecule has 0 radical (unpaired) electrons. The molecule has 2 fully saturated rings. The summed E-state index contributed by atoms with van der Waals surface area (Å²) in [7, 11) is -1.73. The molecular weight excluding hydrogens is 284 g/mol. The average Bonchev–Trinajstić information content (AvgIpc) is 3.33. The number of rotatable bonds is 10. The van der Waals surface area contributed by atoms with Crippen molar-refractivity contribution in [2.24, 2.45) is 0 Å². The molecule has 2 saturated heterocycles. The minimum atomic E-state index is -1.73. The van der Waals surface area contributed by atoms with Crippen LogP contribution >= 0.6 is 0 Å². The standard InChI is InChI=1S/C6H10O4.C6H16O3Si/c7-1-5-6(10-5)9-3-4-2-8-4;1-4-7-10(8-5-2)9-6-3/h4-7H,1-3H2;10H,4-6H2,1-3H3. The Morgan fingerprint density at radius 3 is 2.00 bits per heavy atom. The van der Waals surface area contributed by atoms with E-state index in [-0.39, 0.29) is 25.1 Å². The summed E-state index contributed by atoms with van der Waals surface area (Å²) in [5.41, 5.74) is 0. The van der Waals surface area contributed by atoms with Gasteiger partial charge in [0, 0.05) is 19.8 Å². The molecule has 8 heteroatoms. The average molecular weight is 310 g/mol. The normalized spacial score (nSPS) is 27.1. The van der Waals surface area contributed by atoms with Gasteiger partial charge in [-0.15, -0.1) is 0 Å². The summed E-state index contributed by atoms with van der Waals surface area (Å²) >= 11 is 0. The smallest absolute Gasteiger partial charge is 0.393 e. The van der Waals surface area contributed by atoms with Crippen LogP contribution in [0.1, 0.15) is 20.8 Å². The maximum absolute atomic E-state index is 8.52. The van der Waals surface area contributed by atoms with E-state index >= 15 is 0 Å². The van der Waals surface area contributed by atoms with Crippen molar-refractivity contribution in [3.8, 4) is 0 Å². The first-order valence-corrected chi connectivity index (χ1v) is 8.50. The predicted molar refractivity (Wildman–Crippen MR) is 73.5 cm³/mol. The molecule has 7 nitrogen and oxygen atoms in total. The van der Waals surface area contributed by atoms with Crippen molar-refractivity contribution in [1.29, 1.82) is 0 Å². The molecule has 3 unspecified atom stereocenters. The third-order valence-electron chi connectivity index (χ3n) is 2.47. The van der Waals surface area contributed by atoms with E-state index in [2.05, 4.69) is 0 Å². The number of epoxide rings is 2. The van der Waals surface area contributed by atoms with E-state index in [1.54, 1.807) is 0 Å². The highest BCUT2D eigenvalue weighted by Gasteiger charge is 2.40. The van der Waals surface area contributed by atoms with Crippen LogP contribution in [-0.4, -0.2) is 72.8 Å². The molecule has 0 spiro atoms. The third kappa shape index (κ3) is 8.27. The van der Waals surface area contributed by atoms with E-state index in [1.165, 1.54) is 0 Å². The van der Waals surface area contributed by atoms with Gasteiger partial charge >= 0.3 is 9.53 Å². The van der Waals surface area contributed by atoms with Crippen LogP contribution in [0.5, 0.6) is 0 Å². The van der Waals surface area contributed by atoms with Crippen molar-refractivity contribution in [2.75, 3.05) is 39.6 Å². The maximum atomic E-state index is 8.52. The minimum absolute atomic E-state index is 0.0518. The zero-order valence-corrected chi connectivity index (χ0v) is 13.6. The van der Waals surface area contributed by atoms with E-state index in [9.17, 15) is 0 Å².